The summed E-state index contributed by atoms with van der Waals surface area (Å²) in [5.74, 6) is -0.354. The second-order valence-corrected chi connectivity index (χ2v) is 6.02. The fourth-order valence-corrected chi connectivity index (χ4v) is 3.19. The van der Waals surface area contributed by atoms with Gasteiger partial charge >= 0.3 is 5.97 Å². The number of aromatic amines is 1. The van der Waals surface area contributed by atoms with Crippen molar-refractivity contribution in [2.75, 3.05) is 7.11 Å². The lowest BCUT2D eigenvalue weighted by Crippen LogP contribution is -2.00. The maximum Gasteiger partial charge on any atom is 0.337 e. The standard InChI is InChI=1S/C18H14ClN3O2/c1-22-9-13(11-7-10(18(23)24-2)3-4-16(11)22)15-8-12-14(19)5-6-20-17(12)21-15/h3-9H,1-2H3,(H,20,21). The van der Waals surface area contributed by atoms with Gasteiger partial charge in [0.2, 0.25) is 0 Å². The molecular formula is C18H14ClN3O2. The van der Waals surface area contributed by atoms with Crippen molar-refractivity contribution in [3.8, 4) is 11.3 Å². The maximum atomic E-state index is 11.8. The minimum absolute atomic E-state index is 0.354. The third kappa shape index (κ3) is 2.17. The Labute approximate surface area is 142 Å². The minimum Gasteiger partial charge on any atom is -0.465 e. The van der Waals surface area contributed by atoms with Gasteiger partial charge in [0.15, 0.2) is 0 Å². The molecule has 4 rings (SSSR count). The first kappa shape index (κ1) is 14.8. The van der Waals surface area contributed by atoms with E-state index in [9.17, 15) is 4.79 Å². The Morgan fingerprint density at radius 2 is 2.08 bits per heavy atom. The molecule has 0 radical (unpaired) electrons. The zero-order valence-corrected chi connectivity index (χ0v) is 13.9. The number of pyridine rings is 1. The summed E-state index contributed by atoms with van der Waals surface area (Å²) in [7, 11) is 3.35. The van der Waals surface area contributed by atoms with Gasteiger partial charge in [-0.2, -0.15) is 0 Å². The number of fused-ring (bicyclic) bond motifs is 2. The lowest BCUT2D eigenvalue weighted by molar-refractivity contribution is 0.0601. The smallest absolute Gasteiger partial charge is 0.337 e. The van der Waals surface area contributed by atoms with Crippen molar-refractivity contribution in [2.24, 2.45) is 7.05 Å². The molecule has 5 nitrogen and oxygen atoms in total. The van der Waals surface area contributed by atoms with E-state index >= 15 is 0 Å². The number of hydrogen-bond donors (Lipinski definition) is 1. The van der Waals surface area contributed by atoms with E-state index in [1.54, 1.807) is 18.3 Å². The number of halogens is 1. The van der Waals surface area contributed by atoms with Crippen LogP contribution < -0.4 is 0 Å². The van der Waals surface area contributed by atoms with E-state index in [4.69, 9.17) is 16.3 Å². The van der Waals surface area contributed by atoms with Crippen LogP contribution in [-0.2, 0) is 11.8 Å². The van der Waals surface area contributed by atoms with Gasteiger partial charge in [-0.25, -0.2) is 9.78 Å². The highest BCUT2D eigenvalue weighted by molar-refractivity contribution is 6.35. The number of carbonyl (C=O) groups is 1. The quantitative estimate of drug-likeness (QED) is 0.558. The Morgan fingerprint density at radius 1 is 1.25 bits per heavy atom. The highest BCUT2D eigenvalue weighted by atomic mass is 35.5. The molecule has 1 N–H and O–H groups in total. The Morgan fingerprint density at radius 3 is 2.83 bits per heavy atom. The SMILES string of the molecule is COC(=O)c1ccc2c(c1)c(-c1cc3c(Cl)ccnc3[nH]1)cn2C. The number of aromatic nitrogens is 3. The fraction of sp³-hybridized carbons (Fsp3) is 0.111. The van der Waals surface area contributed by atoms with Crippen LogP contribution in [0.15, 0.2) is 42.7 Å². The molecule has 0 fully saturated rings. The monoisotopic (exact) mass is 339 g/mol. The number of benzene rings is 1. The number of ether oxygens (including phenoxy) is 1. The summed E-state index contributed by atoms with van der Waals surface area (Å²) in [6.07, 6.45) is 3.69. The summed E-state index contributed by atoms with van der Waals surface area (Å²) >= 11 is 6.24. The van der Waals surface area contributed by atoms with Crippen LogP contribution in [0.5, 0.6) is 0 Å². The molecule has 1 aromatic carbocycles. The van der Waals surface area contributed by atoms with Gasteiger partial charge in [-0.15, -0.1) is 0 Å². The Bertz CT molecular complexity index is 1090. The van der Waals surface area contributed by atoms with Crippen molar-refractivity contribution in [1.82, 2.24) is 14.5 Å². The lowest BCUT2D eigenvalue weighted by atomic mass is 10.1. The number of H-pyrrole nitrogens is 1. The molecular weight excluding hydrogens is 326 g/mol. The number of nitrogens with one attached hydrogen (secondary N) is 1. The normalized spacial score (nSPS) is 11.3. The van der Waals surface area contributed by atoms with Crippen LogP contribution in [-0.4, -0.2) is 27.6 Å². The topological polar surface area (TPSA) is 59.9 Å². The summed E-state index contributed by atoms with van der Waals surface area (Å²) in [4.78, 5) is 19.4. The number of nitrogens with zero attached hydrogens (tertiary/aromatic N) is 2. The van der Waals surface area contributed by atoms with Crippen molar-refractivity contribution in [2.45, 2.75) is 0 Å². The summed E-state index contributed by atoms with van der Waals surface area (Å²) in [5.41, 5.74) is 4.16. The van der Waals surface area contributed by atoms with Gasteiger partial charge in [-0.1, -0.05) is 11.6 Å². The third-order valence-corrected chi connectivity index (χ3v) is 4.51. The summed E-state index contributed by atoms with van der Waals surface area (Å²) in [6, 6.07) is 9.27. The van der Waals surface area contributed by atoms with E-state index in [1.807, 2.05) is 36.0 Å². The maximum absolute atomic E-state index is 11.8. The first-order valence-electron chi connectivity index (χ1n) is 7.39. The second kappa shape index (κ2) is 5.39. The number of rotatable bonds is 2. The highest BCUT2D eigenvalue weighted by Crippen LogP contribution is 2.33. The molecule has 3 heterocycles. The molecule has 0 aliphatic rings. The van der Waals surface area contributed by atoms with E-state index in [0.29, 0.717) is 10.6 Å². The van der Waals surface area contributed by atoms with Crippen molar-refractivity contribution < 1.29 is 9.53 Å². The Balaban J connectivity index is 1.97. The molecule has 6 heteroatoms. The zero-order chi connectivity index (χ0) is 16.8. The molecule has 0 saturated heterocycles. The predicted octanol–water partition coefficient (Wildman–Crippen LogP) is 4.16. The van der Waals surface area contributed by atoms with Gasteiger partial charge < -0.3 is 14.3 Å². The molecule has 4 aromatic rings. The van der Waals surface area contributed by atoms with Crippen LogP contribution in [0, 0.1) is 0 Å². The number of aryl methyl sites for hydroxylation is 1. The molecule has 0 saturated carbocycles. The zero-order valence-electron chi connectivity index (χ0n) is 13.1. The Hall–Kier alpha value is -2.79. The van der Waals surface area contributed by atoms with Crippen LogP contribution in [0.25, 0.3) is 33.2 Å². The van der Waals surface area contributed by atoms with Crippen molar-refractivity contribution in [1.29, 1.82) is 0 Å². The van der Waals surface area contributed by atoms with Crippen LogP contribution in [0.3, 0.4) is 0 Å². The third-order valence-electron chi connectivity index (χ3n) is 4.18. The van der Waals surface area contributed by atoms with Crippen LogP contribution in [0.2, 0.25) is 5.02 Å². The van der Waals surface area contributed by atoms with Crippen LogP contribution in [0.4, 0.5) is 0 Å². The average molecular weight is 340 g/mol. The van der Waals surface area contributed by atoms with E-state index in [1.165, 1.54) is 7.11 Å². The van der Waals surface area contributed by atoms with E-state index in [2.05, 4.69) is 9.97 Å². The van der Waals surface area contributed by atoms with Crippen molar-refractivity contribution in [3.63, 3.8) is 0 Å². The van der Waals surface area contributed by atoms with Gasteiger partial charge in [-0.05, 0) is 30.3 Å². The molecule has 3 aromatic heterocycles. The second-order valence-electron chi connectivity index (χ2n) is 5.62. The molecule has 0 aliphatic carbocycles. The molecule has 0 unspecified atom stereocenters. The molecule has 0 amide bonds. The minimum atomic E-state index is -0.354. The average Bonchev–Trinajstić information content (AvgIpc) is 3.16. The molecule has 0 aliphatic heterocycles. The summed E-state index contributed by atoms with van der Waals surface area (Å²) < 4.78 is 6.84. The lowest BCUT2D eigenvalue weighted by Gasteiger charge is -2.01. The first-order valence-corrected chi connectivity index (χ1v) is 7.77. The predicted molar refractivity (Wildman–Crippen MR) is 94.4 cm³/mol. The van der Waals surface area contributed by atoms with E-state index in [-0.39, 0.29) is 5.97 Å². The molecule has 0 bridgehead atoms. The molecule has 0 spiro atoms. The highest BCUT2D eigenvalue weighted by Gasteiger charge is 2.15. The Kier molecular flexibility index (Phi) is 3.32. The van der Waals surface area contributed by atoms with Gasteiger partial charge in [0.1, 0.15) is 5.65 Å². The number of esters is 1. The molecule has 0 atom stereocenters. The van der Waals surface area contributed by atoms with Crippen LogP contribution >= 0.6 is 11.6 Å². The van der Waals surface area contributed by atoms with Crippen molar-refractivity contribution in [3.05, 3.63) is 53.3 Å². The number of carbonyl (C=O) groups excluding carboxylic acids is 1. The molecule has 24 heavy (non-hydrogen) atoms. The number of methoxy groups -OCH3 is 1. The summed E-state index contributed by atoms with van der Waals surface area (Å²) in [6.45, 7) is 0. The fourth-order valence-electron chi connectivity index (χ4n) is 2.99. The van der Waals surface area contributed by atoms with Crippen LogP contribution in [0.1, 0.15) is 10.4 Å². The van der Waals surface area contributed by atoms with Gasteiger partial charge in [-0.3, -0.25) is 0 Å². The molecule has 120 valence electrons. The largest absolute Gasteiger partial charge is 0.465 e. The van der Waals surface area contributed by atoms with E-state index < -0.39 is 0 Å². The van der Waals surface area contributed by atoms with Crippen molar-refractivity contribution >= 4 is 39.5 Å². The number of hydrogen-bond acceptors (Lipinski definition) is 3. The van der Waals surface area contributed by atoms with E-state index in [0.717, 1.165) is 33.2 Å². The first-order chi connectivity index (χ1) is 11.6. The summed E-state index contributed by atoms with van der Waals surface area (Å²) in [5, 5.41) is 2.48. The van der Waals surface area contributed by atoms with Gasteiger partial charge in [0.25, 0.3) is 0 Å². The van der Waals surface area contributed by atoms with Gasteiger partial charge in [0.05, 0.1) is 17.7 Å². The van der Waals surface area contributed by atoms with Gasteiger partial charge in [0, 0.05) is 47.0 Å².